The van der Waals surface area contributed by atoms with Crippen molar-refractivity contribution in [3.05, 3.63) is 46.7 Å². The Morgan fingerprint density at radius 1 is 1.44 bits per heavy atom. The van der Waals surface area contributed by atoms with Crippen LogP contribution in [0.15, 0.2) is 30.5 Å². The molecule has 0 radical (unpaired) electrons. The van der Waals surface area contributed by atoms with Crippen molar-refractivity contribution < 1.29 is 0 Å². The summed E-state index contributed by atoms with van der Waals surface area (Å²) in [6.07, 6.45) is 2.72. The summed E-state index contributed by atoms with van der Waals surface area (Å²) in [5.41, 5.74) is 8.82. The van der Waals surface area contributed by atoms with E-state index in [4.69, 9.17) is 17.3 Å². The molecule has 0 atom stereocenters. The number of rotatable bonds is 3. The van der Waals surface area contributed by atoms with E-state index in [1.807, 2.05) is 42.1 Å². The minimum Gasteiger partial charge on any atom is -0.330 e. The van der Waals surface area contributed by atoms with Gasteiger partial charge in [0.05, 0.1) is 11.9 Å². The first-order valence-electron chi connectivity index (χ1n) is 5.22. The topological polar surface area (TPSA) is 43.8 Å². The SMILES string of the molecule is Cc1c(CCN)cnn1-c1cccc(Cl)c1. The maximum atomic E-state index is 5.95. The van der Waals surface area contributed by atoms with E-state index >= 15 is 0 Å². The van der Waals surface area contributed by atoms with Gasteiger partial charge in [0.2, 0.25) is 0 Å². The van der Waals surface area contributed by atoms with Crippen LogP contribution in [0.1, 0.15) is 11.3 Å². The number of aromatic nitrogens is 2. The van der Waals surface area contributed by atoms with Crippen molar-refractivity contribution in [1.82, 2.24) is 9.78 Å². The fourth-order valence-corrected chi connectivity index (χ4v) is 1.90. The Bertz CT molecular complexity index is 491. The van der Waals surface area contributed by atoms with E-state index < -0.39 is 0 Å². The van der Waals surface area contributed by atoms with Gasteiger partial charge in [-0.3, -0.25) is 0 Å². The third-order valence-corrected chi connectivity index (χ3v) is 2.81. The van der Waals surface area contributed by atoms with Gasteiger partial charge in [-0.2, -0.15) is 5.10 Å². The van der Waals surface area contributed by atoms with Gasteiger partial charge in [0, 0.05) is 10.7 Å². The summed E-state index contributed by atoms with van der Waals surface area (Å²) in [7, 11) is 0. The Labute approximate surface area is 99.8 Å². The second-order valence-electron chi connectivity index (χ2n) is 3.69. The zero-order valence-corrected chi connectivity index (χ0v) is 9.91. The van der Waals surface area contributed by atoms with Crippen LogP contribution in [-0.2, 0) is 6.42 Å². The number of benzene rings is 1. The lowest BCUT2D eigenvalue weighted by atomic mass is 10.2. The molecule has 2 rings (SSSR count). The largest absolute Gasteiger partial charge is 0.330 e. The Kier molecular flexibility index (Phi) is 3.27. The van der Waals surface area contributed by atoms with Crippen molar-refractivity contribution in [1.29, 1.82) is 0 Å². The fraction of sp³-hybridized carbons (Fsp3) is 0.250. The zero-order chi connectivity index (χ0) is 11.5. The lowest BCUT2D eigenvalue weighted by molar-refractivity contribution is 0.841. The molecule has 0 fully saturated rings. The minimum atomic E-state index is 0.641. The highest BCUT2D eigenvalue weighted by molar-refractivity contribution is 6.30. The third-order valence-electron chi connectivity index (χ3n) is 2.58. The molecule has 1 aromatic carbocycles. The van der Waals surface area contributed by atoms with Crippen LogP contribution in [0.2, 0.25) is 5.02 Å². The second-order valence-corrected chi connectivity index (χ2v) is 4.12. The predicted molar refractivity (Wildman–Crippen MR) is 66.1 cm³/mol. The Hall–Kier alpha value is -1.32. The Balaban J connectivity index is 2.41. The van der Waals surface area contributed by atoms with Gasteiger partial charge in [0.1, 0.15) is 0 Å². The summed E-state index contributed by atoms with van der Waals surface area (Å²) in [5, 5.41) is 5.06. The van der Waals surface area contributed by atoms with Crippen LogP contribution in [0, 0.1) is 6.92 Å². The number of nitrogens with two attached hydrogens (primary N) is 1. The average molecular weight is 236 g/mol. The van der Waals surface area contributed by atoms with Crippen molar-refractivity contribution in [2.75, 3.05) is 6.54 Å². The van der Waals surface area contributed by atoms with Gasteiger partial charge in [-0.1, -0.05) is 17.7 Å². The second kappa shape index (κ2) is 4.68. The summed E-state index contributed by atoms with van der Waals surface area (Å²) in [6, 6.07) is 7.65. The standard InChI is InChI=1S/C12H14ClN3/c1-9-10(5-6-14)8-15-16(9)12-4-2-3-11(13)7-12/h2-4,7-8H,5-6,14H2,1H3. The molecule has 2 aromatic rings. The maximum absolute atomic E-state index is 5.95. The molecule has 3 nitrogen and oxygen atoms in total. The van der Waals surface area contributed by atoms with E-state index in [-0.39, 0.29) is 0 Å². The predicted octanol–water partition coefficient (Wildman–Crippen LogP) is 2.34. The molecule has 0 amide bonds. The highest BCUT2D eigenvalue weighted by Crippen LogP contribution is 2.17. The lowest BCUT2D eigenvalue weighted by Crippen LogP contribution is -2.04. The normalized spacial score (nSPS) is 10.7. The highest BCUT2D eigenvalue weighted by atomic mass is 35.5. The highest BCUT2D eigenvalue weighted by Gasteiger charge is 2.07. The summed E-state index contributed by atoms with van der Waals surface area (Å²) in [4.78, 5) is 0. The molecule has 0 saturated heterocycles. The van der Waals surface area contributed by atoms with Crippen LogP contribution >= 0.6 is 11.6 Å². The van der Waals surface area contributed by atoms with E-state index in [0.29, 0.717) is 11.6 Å². The first-order chi connectivity index (χ1) is 7.72. The van der Waals surface area contributed by atoms with Crippen molar-refractivity contribution in [3.63, 3.8) is 0 Å². The van der Waals surface area contributed by atoms with Gasteiger partial charge in [0.25, 0.3) is 0 Å². The van der Waals surface area contributed by atoms with Crippen molar-refractivity contribution in [3.8, 4) is 5.69 Å². The van der Waals surface area contributed by atoms with Gasteiger partial charge >= 0.3 is 0 Å². The van der Waals surface area contributed by atoms with E-state index in [9.17, 15) is 0 Å². The van der Waals surface area contributed by atoms with Crippen LogP contribution in [0.5, 0.6) is 0 Å². The van der Waals surface area contributed by atoms with Crippen LogP contribution in [-0.4, -0.2) is 16.3 Å². The molecule has 84 valence electrons. The molecule has 0 aliphatic rings. The van der Waals surface area contributed by atoms with Crippen LogP contribution in [0.3, 0.4) is 0 Å². The summed E-state index contributed by atoms with van der Waals surface area (Å²) in [6.45, 7) is 2.68. The lowest BCUT2D eigenvalue weighted by Gasteiger charge is -2.05. The Morgan fingerprint density at radius 2 is 2.25 bits per heavy atom. The molecular weight excluding hydrogens is 222 g/mol. The number of halogens is 1. The number of hydrogen-bond donors (Lipinski definition) is 1. The van der Waals surface area contributed by atoms with E-state index in [1.54, 1.807) is 0 Å². The van der Waals surface area contributed by atoms with Crippen molar-refractivity contribution in [2.45, 2.75) is 13.3 Å². The van der Waals surface area contributed by atoms with E-state index in [1.165, 1.54) is 5.56 Å². The Morgan fingerprint density at radius 3 is 2.94 bits per heavy atom. The van der Waals surface area contributed by atoms with Gasteiger partial charge in [-0.15, -0.1) is 0 Å². The number of nitrogens with zero attached hydrogens (tertiary/aromatic N) is 2. The van der Waals surface area contributed by atoms with Crippen LogP contribution in [0.4, 0.5) is 0 Å². The number of hydrogen-bond acceptors (Lipinski definition) is 2. The molecule has 0 unspecified atom stereocenters. The molecule has 1 aromatic heterocycles. The molecule has 4 heteroatoms. The molecular formula is C12H14ClN3. The van der Waals surface area contributed by atoms with Gasteiger partial charge < -0.3 is 5.73 Å². The van der Waals surface area contributed by atoms with Crippen molar-refractivity contribution >= 4 is 11.6 Å². The first kappa shape index (κ1) is 11.2. The molecule has 0 aliphatic carbocycles. The quantitative estimate of drug-likeness (QED) is 0.888. The average Bonchev–Trinajstić information content (AvgIpc) is 2.61. The summed E-state index contributed by atoms with van der Waals surface area (Å²) in [5.74, 6) is 0. The van der Waals surface area contributed by atoms with Gasteiger partial charge in [-0.25, -0.2) is 4.68 Å². The fourth-order valence-electron chi connectivity index (χ4n) is 1.71. The molecule has 2 N–H and O–H groups in total. The molecule has 0 spiro atoms. The monoisotopic (exact) mass is 235 g/mol. The first-order valence-corrected chi connectivity index (χ1v) is 5.59. The molecule has 0 bridgehead atoms. The molecule has 1 heterocycles. The van der Waals surface area contributed by atoms with Gasteiger partial charge in [-0.05, 0) is 43.7 Å². The summed E-state index contributed by atoms with van der Waals surface area (Å²) < 4.78 is 1.89. The summed E-state index contributed by atoms with van der Waals surface area (Å²) >= 11 is 5.95. The third kappa shape index (κ3) is 2.10. The maximum Gasteiger partial charge on any atom is 0.0663 e. The van der Waals surface area contributed by atoms with Crippen molar-refractivity contribution in [2.24, 2.45) is 5.73 Å². The molecule has 16 heavy (non-hydrogen) atoms. The molecule has 0 saturated carbocycles. The minimum absolute atomic E-state index is 0.641. The van der Waals surface area contributed by atoms with Crippen LogP contribution < -0.4 is 5.73 Å². The molecule has 0 aliphatic heterocycles. The van der Waals surface area contributed by atoms with E-state index in [2.05, 4.69) is 5.10 Å². The smallest absolute Gasteiger partial charge is 0.0663 e. The zero-order valence-electron chi connectivity index (χ0n) is 9.15. The van der Waals surface area contributed by atoms with E-state index in [0.717, 1.165) is 17.8 Å². The van der Waals surface area contributed by atoms with Gasteiger partial charge in [0.15, 0.2) is 0 Å². The van der Waals surface area contributed by atoms with Crippen LogP contribution in [0.25, 0.3) is 5.69 Å².